The fourth-order valence-corrected chi connectivity index (χ4v) is 2.98. The summed E-state index contributed by atoms with van der Waals surface area (Å²) >= 11 is 7.84. The van der Waals surface area contributed by atoms with Crippen LogP contribution in [-0.4, -0.2) is 21.6 Å². The number of fused-ring (bicyclic) bond motifs is 1. The van der Waals surface area contributed by atoms with Crippen LogP contribution in [0.3, 0.4) is 0 Å². The zero-order valence-corrected chi connectivity index (χ0v) is 12.0. The summed E-state index contributed by atoms with van der Waals surface area (Å²) in [4.78, 5) is 4.62. The number of rotatable bonds is 4. The van der Waals surface area contributed by atoms with Crippen LogP contribution < -0.4 is 0 Å². The molecule has 0 saturated carbocycles. The number of benzene rings is 1. The Labute approximate surface area is 111 Å². The average Bonchev–Trinajstić information content (AvgIpc) is 2.66. The van der Waals surface area contributed by atoms with Gasteiger partial charge in [-0.25, -0.2) is 4.98 Å². The lowest BCUT2D eigenvalue weighted by Gasteiger charge is -2.15. The van der Waals surface area contributed by atoms with E-state index in [0.717, 1.165) is 17.1 Å². The third-order valence-corrected chi connectivity index (χ3v) is 3.94. The van der Waals surface area contributed by atoms with Crippen molar-refractivity contribution in [3.8, 4) is 0 Å². The quantitative estimate of drug-likeness (QED) is 0.780. The first kappa shape index (κ1) is 12.8. The molecule has 0 N–H and O–H groups in total. The Kier molecular flexibility index (Phi) is 4.00. The van der Waals surface area contributed by atoms with Crippen molar-refractivity contribution in [2.24, 2.45) is 0 Å². The summed E-state index contributed by atoms with van der Waals surface area (Å²) in [7, 11) is 0. The monoisotopic (exact) mass is 268 g/mol. The fourth-order valence-electron chi connectivity index (χ4n) is 2.16. The van der Waals surface area contributed by atoms with Gasteiger partial charge in [0.15, 0.2) is 0 Å². The van der Waals surface area contributed by atoms with Crippen molar-refractivity contribution in [2.45, 2.75) is 25.8 Å². The van der Waals surface area contributed by atoms with Crippen LogP contribution in [0.15, 0.2) is 18.2 Å². The lowest BCUT2D eigenvalue weighted by molar-refractivity contribution is 0.606. The molecule has 0 amide bonds. The highest BCUT2D eigenvalue weighted by Gasteiger charge is 2.14. The normalized spacial score (nSPS) is 13.2. The van der Waals surface area contributed by atoms with Gasteiger partial charge >= 0.3 is 0 Å². The number of aromatic nitrogens is 2. The second-order valence-corrected chi connectivity index (χ2v) is 5.51. The molecule has 1 heterocycles. The van der Waals surface area contributed by atoms with Gasteiger partial charge in [-0.15, -0.1) is 11.6 Å². The van der Waals surface area contributed by atoms with Crippen LogP contribution >= 0.6 is 23.4 Å². The molecule has 1 atom stereocenters. The van der Waals surface area contributed by atoms with E-state index in [4.69, 9.17) is 11.6 Å². The van der Waals surface area contributed by atoms with Gasteiger partial charge in [0.2, 0.25) is 0 Å². The van der Waals surface area contributed by atoms with Crippen LogP contribution in [0.1, 0.15) is 24.4 Å². The van der Waals surface area contributed by atoms with Crippen molar-refractivity contribution in [3.63, 3.8) is 0 Å². The Morgan fingerprint density at radius 2 is 2.24 bits per heavy atom. The van der Waals surface area contributed by atoms with Crippen LogP contribution in [0.5, 0.6) is 0 Å². The van der Waals surface area contributed by atoms with Gasteiger partial charge in [-0.05, 0) is 37.8 Å². The number of alkyl halides is 1. The molecule has 0 bridgehead atoms. The van der Waals surface area contributed by atoms with Crippen LogP contribution in [0.4, 0.5) is 0 Å². The molecule has 2 nitrogen and oxygen atoms in total. The van der Waals surface area contributed by atoms with Gasteiger partial charge in [-0.2, -0.15) is 11.8 Å². The van der Waals surface area contributed by atoms with E-state index in [1.54, 1.807) is 0 Å². The lowest BCUT2D eigenvalue weighted by atomic mass is 10.2. The maximum atomic E-state index is 6.00. The number of halogens is 1. The Bertz CT molecular complexity index is 521. The van der Waals surface area contributed by atoms with Crippen molar-refractivity contribution in [3.05, 3.63) is 29.6 Å². The summed E-state index contributed by atoms with van der Waals surface area (Å²) in [5, 5.41) is 0. The molecule has 0 fully saturated rings. The highest BCUT2D eigenvalue weighted by molar-refractivity contribution is 7.98. The number of thioether (sulfide) groups is 1. The highest BCUT2D eigenvalue weighted by Crippen LogP contribution is 2.24. The Morgan fingerprint density at radius 1 is 1.47 bits per heavy atom. The van der Waals surface area contributed by atoms with Crippen molar-refractivity contribution < 1.29 is 0 Å². The summed E-state index contributed by atoms with van der Waals surface area (Å²) in [6.45, 7) is 4.30. The average molecular weight is 269 g/mol. The van der Waals surface area contributed by atoms with Crippen molar-refractivity contribution >= 4 is 34.4 Å². The number of hydrogen-bond acceptors (Lipinski definition) is 2. The third-order valence-electron chi connectivity index (χ3n) is 2.89. The molecule has 0 spiro atoms. The molecular weight excluding hydrogens is 252 g/mol. The van der Waals surface area contributed by atoms with E-state index in [-0.39, 0.29) is 0 Å². The van der Waals surface area contributed by atoms with Gasteiger partial charge in [0, 0.05) is 11.8 Å². The smallest absolute Gasteiger partial charge is 0.125 e. The molecule has 4 heteroatoms. The molecule has 0 aliphatic heterocycles. The molecule has 1 aromatic heterocycles. The molecule has 2 aromatic rings. The molecule has 0 radical (unpaired) electrons. The van der Waals surface area contributed by atoms with Crippen LogP contribution in [-0.2, 0) is 5.88 Å². The van der Waals surface area contributed by atoms with E-state index in [0.29, 0.717) is 11.9 Å². The maximum Gasteiger partial charge on any atom is 0.125 e. The van der Waals surface area contributed by atoms with Gasteiger partial charge in [0.25, 0.3) is 0 Å². The van der Waals surface area contributed by atoms with Gasteiger partial charge in [-0.3, -0.25) is 0 Å². The molecule has 92 valence electrons. The lowest BCUT2D eigenvalue weighted by Crippen LogP contribution is -2.10. The molecule has 0 aliphatic rings. The number of hydrogen-bond donors (Lipinski definition) is 0. The Morgan fingerprint density at radius 3 is 2.88 bits per heavy atom. The minimum atomic E-state index is 0.423. The number of imidazole rings is 1. The van der Waals surface area contributed by atoms with Crippen LogP contribution in [0.2, 0.25) is 0 Å². The molecule has 2 rings (SSSR count). The molecular formula is C13H17ClN2S. The maximum absolute atomic E-state index is 6.00. The summed E-state index contributed by atoms with van der Waals surface area (Å²) in [6, 6.07) is 6.81. The first-order valence-electron chi connectivity index (χ1n) is 5.69. The molecule has 17 heavy (non-hydrogen) atoms. The highest BCUT2D eigenvalue weighted by atomic mass is 35.5. The summed E-state index contributed by atoms with van der Waals surface area (Å²) < 4.78 is 2.26. The van der Waals surface area contributed by atoms with Crippen molar-refractivity contribution in [2.75, 3.05) is 12.0 Å². The Hall–Kier alpha value is -0.670. The van der Waals surface area contributed by atoms with Crippen molar-refractivity contribution in [1.82, 2.24) is 9.55 Å². The van der Waals surface area contributed by atoms with E-state index in [2.05, 4.69) is 47.9 Å². The van der Waals surface area contributed by atoms with E-state index >= 15 is 0 Å². The van der Waals surface area contributed by atoms with Gasteiger partial charge in [0.05, 0.1) is 16.9 Å². The third kappa shape index (κ3) is 2.45. The Balaban J connectivity index is 2.58. The minimum Gasteiger partial charge on any atom is -0.323 e. The number of aryl methyl sites for hydroxylation is 1. The van der Waals surface area contributed by atoms with E-state index in [9.17, 15) is 0 Å². The first-order chi connectivity index (χ1) is 8.17. The van der Waals surface area contributed by atoms with Crippen LogP contribution in [0, 0.1) is 6.92 Å². The van der Waals surface area contributed by atoms with Gasteiger partial charge in [-0.1, -0.05) is 6.07 Å². The zero-order valence-electron chi connectivity index (χ0n) is 10.4. The SMILES string of the molecule is CSCC(C)n1c(CCl)nc2cc(C)ccc21. The largest absolute Gasteiger partial charge is 0.323 e. The second kappa shape index (κ2) is 5.32. The first-order valence-corrected chi connectivity index (χ1v) is 7.62. The van der Waals surface area contributed by atoms with Crippen molar-refractivity contribution in [1.29, 1.82) is 0 Å². The molecule has 1 aromatic carbocycles. The summed E-state index contributed by atoms with van der Waals surface area (Å²) in [5.41, 5.74) is 3.47. The summed E-state index contributed by atoms with van der Waals surface area (Å²) in [5.74, 6) is 2.50. The molecule has 0 saturated heterocycles. The predicted molar refractivity (Wildman–Crippen MR) is 77.1 cm³/mol. The minimum absolute atomic E-state index is 0.423. The standard InChI is InChI=1S/C13H17ClN2S/c1-9-4-5-12-11(6-9)15-13(7-14)16(12)10(2)8-17-3/h4-6,10H,7-8H2,1-3H3. The van der Waals surface area contributed by atoms with E-state index in [1.165, 1.54) is 11.1 Å². The zero-order chi connectivity index (χ0) is 12.4. The predicted octanol–water partition coefficient (Wildman–Crippen LogP) is 4.01. The van der Waals surface area contributed by atoms with Gasteiger partial charge < -0.3 is 4.57 Å². The van der Waals surface area contributed by atoms with Crippen LogP contribution in [0.25, 0.3) is 11.0 Å². The van der Waals surface area contributed by atoms with E-state index in [1.807, 2.05) is 11.8 Å². The fraction of sp³-hybridized carbons (Fsp3) is 0.462. The van der Waals surface area contributed by atoms with Gasteiger partial charge in [0.1, 0.15) is 5.82 Å². The molecule has 0 aliphatic carbocycles. The number of nitrogens with zero attached hydrogens (tertiary/aromatic N) is 2. The molecule has 1 unspecified atom stereocenters. The summed E-state index contributed by atoms with van der Waals surface area (Å²) in [6.07, 6.45) is 2.13. The second-order valence-electron chi connectivity index (χ2n) is 4.33. The topological polar surface area (TPSA) is 17.8 Å². The van der Waals surface area contributed by atoms with E-state index < -0.39 is 0 Å².